The molecule has 0 unspecified atom stereocenters. The Morgan fingerprint density at radius 1 is 0.833 bits per heavy atom. The molecule has 3 heterocycles. The highest BCUT2D eigenvalue weighted by atomic mass is 16.3. The number of aromatic nitrogens is 4. The SMILES string of the molecule is OCc1nccc(N2CCN(c3cnc4ccccc4n3)CC2)n1. The Balaban J connectivity index is 1.48. The van der Waals surface area contributed by atoms with Crippen molar-refractivity contribution in [2.24, 2.45) is 0 Å². The topological polar surface area (TPSA) is 78.3 Å². The molecule has 0 saturated carbocycles. The second-order valence-electron chi connectivity index (χ2n) is 5.68. The largest absolute Gasteiger partial charge is 0.388 e. The number of anilines is 2. The predicted molar refractivity (Wildman–Crippen MR) is 91.9 cm³/mol. The molecule has 3 aromatic rings. The highest BCUT2D eigenvalue weighted by molar-refractivity contribution is 5.75. The molecule has 1 aliphatic heterocycles. The van der Waals surface area contributed by atoms with Crippen molar-refractivity contribution in [1.82, 2.24) is 19.9 Å². The molecule has 1 N–H and O–H groups in total. The van der Waals surface area contributed by atoms with E-state index in [1.807, 2.05) is 36.5 Å². The standard InChI is InChI=1S/C17H18N6O/c24-12-15-18-6-5-16(21-15)22-7-9-23(10-8-22)17-11-19-13-3-1-2-4-14(13)20-17/h1-6,11,24H,7-10,12H2. The van der Waals surface area contributed by atoms with Gasteiger partial charge in [-0.1, -0.05) is 12.1 Å². The number of rotatable bonds is 3. The minimum Gasteiger partial charge on any atom is -0.388 e. The summed E-state index contributed by atoms with van der Waals surface area (Å²) in [5, 5.41) is 9.17. The van der Waals surface area contributed by atoms with Gasteiger partial charge in [0.2, 0.25) is 0 Å². The first-order valence-corrected chi connectivity index (χ1v) is 7.98. The maximum absolute atomic E-state index is 9.17. The maximum Gasteiger partial charge on any atom is 0.156 e. The second kappa shape index (κ2) is 6.37. The van der Waals surface area contributed by atoms with Gasteiger partial charge in [-0.15, -0.1) is 0 Å². The van der Waals surface area contributed by atoms with E-state index in [2.05, 4.69) is 24.8 Å². The van der Waals surface area contributed by atoms with E-state index < -0.39 is 0 Å². The normalized spacial score (nSPS) is 15.0. The molecular weight excluding hydrogens is 304 g/mol. The molecular formula is C17H18N6O. The van der Waals surface area contributed by atoms with Crippen molar-refractivity contribution >= 4 is 22.7 Å². The molecule has 0 bridgehead atoms. The summed E-state index contributed by atoms with van der Waals surface area (Å²) in [6, 6.07) is 9.78. The first-order chi connectivity index (χ1) is 11.8. The summed E-state index contributed by atoms with van der Waals surface area (Å²) in [6.07, 6.45) is 3.53. The van der Waals surface area contributed by atoms with Crippen molar-refractivity contribution < 1.29 is 5.11 Å². The third-order valence-electron chi connectivity index (χ3n) is 4.20. The van der Waals surface area contributed by atoms with Gasteiger partial charge in [-0.2, -0.15) is 0 Å². The minimum atomic E-state index is -0.138. The summed E-state index contributed by atoms with van der Waals surface area (Å²) < 4.78 is 0. The summed E-state index contributed by atoms with van der Waals surface area (Å²) in [4.78, 5) is 22.0. The molecule has 0 amide bonds. The van der Waals surface area contributed by atoms with Crippen molar-refractivity contribution in [3.05, 3.63) is 48.5 Å². The number of fused-ring (bicyclic) bond motifs is 1. The molecule has 0 aliphatic carbocycles. The summed E-state index contributed by atoms with van der Waals surface area (Å²) in [7, 11) is 0. The number of hydrogen-bond acceptors (Lipinski definition) is 7. The fraction of sp³-hybridized carbons (Fsp3) is 0.294. The van der Waals surface area contributed by atoms with Gasteiger partial charge in [0, 0.05) is 32.4 Å². The van der Waals surface area contributed by atoms with Crippen LogP contribution in [0.25, 0.3) is 11.0 Å². The lowest BCUT2D eigenvalue weighted by Gasteiger charge is -2.36. The van der Waals surface area contributed by atoms with E-state index in [1.165, 1.54) is 0 Å². The van der Waals surface area contributed by atoms with Gasteiger partial charge in [0.25, 0.3) is 0 Å². The summed E-state index contributed by atoms with van der Waals surface area (Å²) in [5.74, 6) is 2.22. The van der Waals surface area contributed by atoms with E-state index in [0.29, 0.717) is 5.82 Å². The first kappa shape index (κ1) is 14.8. The Morgan fingerprint density at radius 2 is 1.54 bits per heavy atom. The Hall–Kier alpha value is -2.80. The molecule has 1 aliphatic rings. The fourth-order valence-corrected chi connectivity index (χ4v) is 2.91. The molecule has 0 radical (unpaired) electrons. The number of aliphatic hydroxyl groups excluding tert-OH is 1. The van der Waals surface area contributed by atoms with E-state index in [0.717, 1.165) is 48.8 Å². The first-order valence-electron chi connectivity index (χ1n) is 7.98. The number of piperazine rings is 1. The van der Waals surface area contributed by atoms with Crippen molar-refractivity contribution in [3.63, 3.8) is 0 Å². The molecule has 1 aromatic carbocycles. The van der Waals surface area contributed by atoms with Gasteiger partial charge in [0.1, 0.15) is 18.2 Å². The number of aliphatic hydroxyl groups is 1. The Kier molecular flexibility index (Phi) is 3.92. The van der Waals surface area contributed by atoms with Crippen molar-refractivity contribution in [2.75, 3.05) is 36.0 Å². The molecule has 24 heavy (non-hydrogen) atoms. The average molecular weight is 322 g/mol. The van der Waals surface area contributed by atoms with Gasteiger partial charge in [-0.25, -0.2) is 15.0 Å². The lowest BCUT2D eigenvalue weighted by Crippen LogP contribution is -2.47. The molecule has 4 rings (SSSR count). The fourth-order valence-electron chi connectivity index (χ4n) is 2.91. The minimum absolute atomic E-state index is 0.138. The van der Waals surface area contributed by atoms with Crippen LogP contribution in [-0.4, -0.2) is 51.2 Å². The van der Waals surface area contributed by atoms with Gasteiger partial charge in [0.05, 0.1) is 17.2 Å². The third kappa shape index (κ3) is 2.85. The molecule has 0 atom stereocenters. The van der Waals surface area contributed by atoms with Crippen LogP contribution in [0.2, 0.25) is 0 Å². The van der Waals surface area contributed by atoms with Gasteiger partial charge >= 0.3 is 0 Å². The van der Waals surface area contributed by atoms with E-state index in [1.54, 1.807) is 6.20 Å². The van der Waals surface area contributed by atoms with Crippen LogP contribution >= 0.6 is 0 Å². The van der Waals surface area contributed by atoms with Crippen LogP contribution in [0.5, 0.6) is 0 Å². The van der Waals surface area contributed by atoms with E-state index in [4.69, 9.17) is 4.98 Å². The quantitative estimate of drug-likeness (QED) is 0.777. The van der Waals surface area contributed by atoms with Crippen molar-refractivity contribution in [1.29, 1.82) is 0 Å². The smallest absolute Gasteiger partial charge is 0.156 e. The number of para-hydroxylation sites is 2. The van der Waals surface area contributed by atoms with Crippen LogP contribution in [0.1, 0.15) is 5.82 Å². The molecule has 2 aromatic heterocycles. The van der Waals surface area contributed by atoms with Gasteiger partial charge < -0.3 is 14.9 Å². The van der Waals surface area contributed by atoms with Gasteiger partial charge in [-0.3, -0.25) is 4.98 Å². The van der Waals surface area contributed by atoms with Gasteiger partial charge in [0.15, 0.2) is 5.82 Å². The molecule has 1 fully saturated rings. The monoisotopic (exact) mass is 322 g/mol. The van der Waals surface area contributed by atoms with E-state index in [9.17, 15) is 5.11 Å². The molecule has 7 nitrogen and oxygen atoms in total. The lowest BCUT2D eigenvalue weighted by atomic mass is 10.3. The van der Waals surface area contributed by atoms with E-state index in [-0.39, 0.29) is 6.61 Å². The van der Waals surface area contributed by atoms with E-state index >= 15 is 0 Å². The zero-order valence-corrected chi connectivity index (χ0v) is 13.2. The molecule has 122 valence electrons. The number of benzene rings is 1. The van der Waals surface area contributed by atoms with Crippen LogP contribution < -0.4 is 9.80 Å². The lowest BCUT2D eigenvalue weighted by molar-refractivity contribution is 0.271. The van der Waals surface area contributed by atoms with Crippen LogP contribution in [0.15, 0.2) is 42.7 Å². The predicted octanol–water partition coefficient (Wildman–Crippen LogP) is 1.24. The zero-order valence-electron chi connectivity index (χ0n) is 13.2. The summed E-state index contributed by atoms with van der Waals surface area (Å²) >= 11 is 0. The maximum atomic E-state index is 9.17. The summed E-state index contributed by atoms with van der Waals surface area (Å²) in [5.41, 5.74) is 1.83. The van der Waals surface area contributed by atoms with Crippen molar-refractivity contribution in [3.8, 4) is 0 Å². The molecule has 0 spiro atoms. The molecule has 1 saturated heterocycles. The molecule has 7 heteroatoms. The van der Waals surface area contributed by atoms with Crippen LogP contribution in [0.3, 0.4) is 0 Å². The Morgan fingerprint density at radius 3 is 2.29 bits per heavy atom. The zero-order chi connectivity index (χ0) is 16.4. The Labute approximate surface area is 139 Å². The number of hydrogen-bond donors (Lipinski definition) is 1. The van der Waals surface area contributed by atoms with Gasteiger partial charge in [-0.05, 0) is 18.2 Å². The highest BCUT2D eigenvalue weighted by Gasteiger charge is 2.20. The highest BCUT2D eigenvalue weighted by Crippen LogP contribution is 2.19. The van der Waals surface area contributed by atoms with Crippen LogP contribution in [0.4, 0.5) is 11.6 Å². The van der Waals surface area contributed by atoms with Crippen LogP contribution in [-0.2, 0) is 6.61 Å². The van der Waals surface area contributed by atoms with Crippen LogP contribution in [0, 0.1) is 0 Å². The average Bonchev–Trinajstić information content (AvgIpc) is 2.68. The Bertz CT molecular complexity index is 847. The number of nitrogens with zero attached hydrogens (tertiary/aromatic N) is 6. The third-order valence-corrected chi connectivity index (χ3v) is 4.20. The second-order valence-corrected chi connectivity index (χ2v) is 5.68. The van der Waals surface area contributed by atoms with Crippen molar-refractivity contribution in [2.45, 2.75) is 6.61 Å². The summed E-state index contributed by atoms with van der Waals surface area (Å²) in [6.45, 7) is 3.25.